The van der Waals surface area contributed by atoms with Crippen molar-refractivity contribution in [3.05, 3.63) is 107 Å². The molecule has 3 aliphatic heterocycles. The number of rotatable bonds is 22. The molecule has 2 aromatic rings. The van der Waals surface area contributed by atoms with E-state index in [2.05, 4.69) is 5.32 Å². The number of anilines is 1. The van der Waals surface area contributed by atoms with Crippen LogP contribution in [0.3, 0.4) is 0 Å². The molecular formula is C44H55N4O15S4+. The number of unbranched alkanes of at least 4 members (excludes halogenated alkanes) is 3. The van der Waals surface area contributed by atoms with Crippen molar-refractivity contribution in [1.29, 1.82) is 0 Å². The molecule has 0 saturated heterocycles. The van der Waals surface area contributed by atoms with E-state index in [0.29, 0.717) is 66.0 Å². The quantitative estimate of drug-likeness (QED) is 0.0358. The molecule has 67 heavy (non-hydrogen) atoms. The van der Waals surface area contributed by atoms with Gasteiger partial charge in [0, 0.05) is 72.7 Å². The van der Waals surface area contributed by atoms with Crippen molar-refractivity contribution in [2.75, 3.05) is 42.6 Å². The molecule has 23 heteroatoms. The van der Waals surface area contributed by atoms with Gasteiger partial charge in [0.2, 0.25) is 11.6 Å². The normalized spacial score (nSPS) is 18.0. The third kappa shape index (κ3) is 13.5. The molecule has 5 N–H and O–H groups in total. The number of nitrogens with zero attached hydrogens (tertiary/aromatic N) is 3. The molecule has 3 heterocycles. The van der Waals surface area contributed by atoms with Gasteiger partial charge in [-0.1, -0.05) is 51.0 Å². The SMILES string of the molecule is CC1(C)C(/C=C/C=C(/C=C/C=C2/N(CCS(=O)(=O)O)c3ccc(S(=O)(=O)O)cc3C2(C)C)CCCCCCC(=O)NCCN2C(=O)C=CC2=O)=[N+](CCS(=O)(=O)O)c2ccc(S(=O)(=O)O)cc21. The zero-order valence-corrected chi connectivity index (χ0v) is 40.6. The predicted molar refractivity (Wildman–Crippen MR) is 250 cm³/mol. The molecule has 5 rings (SSSR count). The minimum atomic E-state index is -4.58. The van der Waals surface area contributed by atoms with Crippen LogP contribution in [0.25, 0.3) is 0 Å². The summed E-state index contributed by atoms with van der Waals surface area (Å²) in [6.45, 7) is 7.00. The van der Waals surface area contributed by atoms with Gasteiger partial charge in [-0.2, -0.15) is 38.2 Å². The average Bonchev–Trinajstić information content (AvgIpc) is 3.73. The molecule has 0 aromatic heterocycles. The Morgan fingerprint density at radius 1 is 0.701 bits per heavy atom. The van der Waals surface area contributed by atoms with Crippen molar-refractivity contribution in [2.24, 2.45) is 0 Å². The van der Waals surface area contributed by atoms with Crippen LogP contribution in [0.5, 0.6) is 0 Å². The largest absolute Gasteiger partial charge is 0.354 e. The number of benzene rings is 2. The zero-order valence-electron chi connectivity index (χ0n) is 37.3. The molecule has 0 spiro atoms. The van der Waals surface area contributed by atoms with Gasteiger partial charge < -0.3 is 10.2 Å². The molecular weight excluding hydrogens is 953 g/mol. The lowest BCUT2D eigenvalue weighted by Gasteiger charge is -2.26. The van der Waals surface area contributed by atoms with Crippen molar-refractivity contribution in [3.63, 3.8) is 0 Å². The monoisotopic (exact) mass is 1010 g/mol. The number of hydrogen-bond donors (Lipinski definition) is 5. The fourth-order valence-electron chi connectivity index (χ4n) is 8.29. The molecule has 3 aliphatic rings. The van der Waals surface area contributed by atoms with Gasteiger partial charge in [0.05, 0.1) is 21.0 Å². The molecule has 0 radical (unpaired) electrons. The van der Waals surface area contributed by atoms with Crippen LogP contribution in [0.4, 0.5) is 11.4 Å². The topological polar surface area (TPSA) is 290 Å². The van der Waals surface area contributed by atoms with Crippen molar-refractivity contribution in [1.82, 2.24) is 10.2 Å². The molecule has 0 saturated carbocycles. The van der Waals surface area contributed by atoms with Gasteiger partial charge in [0.15, 0.2) is 12.3 Å². The summed E-state index contributed by atoms with van der Waals surface area (Å²) in [7, 11) is -18.0. The predicted octanol–water partition coefficient (Wildman–Crippen LogP) is 4.43. The first kappa shape index (κ1) is 52.8. The van der Waals surface area contributed by atoms with Crippen molar-refractivity contribution in [2.45, 2.75) is 86.8 Å². The Hall–Kier alpha value is -5.14. The van der Waals surface area contributed by atoms with Crippen LogP contribution in [0.2, 0.25) is 0 Å². The highest BCUT2D eigenvalue weighted by molar-refractivity contribution is 7.86. The van der Waals surface area contributed by atoms with Gasteiger partial charge in [-0.05, 0) is 80.7 Å². The highest BCUT2D eigenvalue weighted by Gasteiger charge is 2.45. The molecule has 0 fully saturated rings. The number of hydrogen-bond acceptors (Lipinski definition) is 12. The van der Waals surface area contributed by atoms with Crippen LogP contribution >= 0.6 is 0 Å². The summed E-state index contributed by atoms with van der Waals surface area (Å²) in [6, 6.07) is 7.93. The van der Waals surface area contributed by atoms with Gasteiger partial charge in [0.25, 0.3) is 52.3 Å². The lowest BCUT2D eigenvalue weighted by Crippen LogP contribution is -2.38. The van der Waals surface area contributed by atoms with E-state index in [1.165, 1.54) is 48.6 Å². The highest BCUT2D eigenvalue weighted by atomic mass is 32.2. The van der Waals surface area contributed by atoms with E-state index in [4.69, 9.17) is 0 Å². The van der Waals surface area contributed by atoms with E-state index in [-0.39, 0.29) is 48.3 Å². The van der Waals surface area contributed by atoms with E-state index in [9.17, 15) is 66.3 Å². The molecule has 364 valence electrons. The van der Waals surface area contributed by atoms with Crippen molar-refractivity contribution < 1.29 is 70.8 Å². The van der Waals surface area contributed by atoms with Crippen LogP contribution in [0.15, 0.2) is 106 Å². The van der Waals surface area contributed by atoms with Crippen LogP contribution in [0, 0.1) is 0 Å². The molecule has 0 bridgehead atoms. The maximum absolute atomic E-state index is 12.4. The molecule has 0 atom stereocenters. The van der Waals surface area contributed by atoms with Gasteiger partial charge in [-0.3, -0.25) is 37.5 Å². The smallest absolute Gasteiger partial charge is 0.294 e. The zero-order chi connectivity index (χ0) is 49.8. The Labute approximate surface area is 391 Å². The maximum Gasteiger partial charge on any atom is 0.294 e. The number of nitrogens with one attached hydrogen (secondary N) is 1. The molecule has 3 amide bonds. The lowest BCUT2D eigenvalue weighted by atomic mass is 9.81. The highest BCUT2D eigenvalue weighted by Crippen LogP contribution is 2.48. The summed E-state index contributed by atoms with van der Waals surface area (Å²) >= 11 is 0. The van der Waals surface area contributed by atoms with E-state index < -0.39 is 74.6 Å². The third-order valence-electron chi connectivity index (χ3n) is 11.8. The van der Waals surface area contributed by atoms with Crippen molar-refractivity contribution >= 4 is 75.3 Å². The molecule has 2 aromatic carbocycles. The Morgan fingerprint density at radius 3 is 1.88 bits per heavy atom. The summed E-state index contributed by atoms with van der Waals surface area (Å²) in [4.78, 5) is 37.9. The van der Waals surface area contributed by atoms with Crippen LogP contribution in [-0.4, -0.2) is 122 Å². The number of allylic oxidation sites excluding steroid dienone is 8. The van der Waals surface area contributed by atoms with Crippen LogP contribution < -0.4 is 10.2 Å². The van der Waals surface area contributed by atoms with E-state index in [0.717, 1.165) is 10.5 Å². The van der Waals surface area contributed by atoms with Gasteiger partial charge in [-0.15, -0.1) is 0 Å². The molecule has 0 aliphatic carbocycles. The van der Waals surface area contributed by atoms with Crippen LogP contribution in [0.1, 0.15) is 77.3 Å². The number of amides is 3. The Morgan fingerprint density at radius 2 is 1.28 bits per heavy atom. The standard InChI is InChI=1S/C44H54N4O15S4/c1-43(2)34-29-32(66(58,59)60)17-19-36(34)46(25-27-64(52,53)54)38(43)14-9-12-31(11-7-5-6-8-16-40(49)45-23-24-48-41(50)21-22-42(48)51)13-10-15-39-44(3,4)35-30-33(67(61,62)63)18-20-37(35)47(39)26-28-65(55,56)57/h9-10,12-15,17-22,29-30H,5-8,11,16,23-28H2,1-4H3,(H4-,45,49,52,53,54,55,56,57,58,59,60,61,62,63)/p+1. The average molecular weight is 1010 g/mol. The molecule has 0 unspecified atom stereocenters. The second-order valence-electron chi connectivity index (χ2n) is 17.3. The Balaban J connectivity index is 1.42. The number of imide groups is 1. The van der Waals surface area contributed by atoms with Crippen molar-refractivity contribution in [3.8, 4) is 0 Å². The number of carbonyl (C=O) groups excluding carboxylic acids is 3. The van der Waals surface area contributed by atoms with E-state index in [1.807, 2.05) is 12.2 Å². The minimum Gasteiger partial charge on any atom is -0.354 e. The summed E-state index contributed by atoms with van der Waals surface area (Å²) in [5.41, 5.74) is 1.97. The molecule has 19 nitrogen and oxygen atoms in total. The first-order chi connectivity index (χ1) is 31.0. The summed E-state index contributed by atoms with van der Waals surface area (Å²) in [5, 5.41) is 2.72. The second kappa shape index (κ2) is 20.6. The second-order valence-corrected chi connectivity index (χ2v) is 23.2. The summed E-state index contributed by atoms with van der Waals surface area (Å²) in [5.74, 6) is -2.37. The lowest BCUT2D eigenvalue weighted by molar-refractivity contribution is -0.432. The van der Waals surface area contributed by atoms with Crippen LogP contribution in [-0.2, 0) is 65.7 Å². The number of carbonyl (C=O) groups is 3. The van der Waals surface area contributed by atoms with Gasteiger partial charge >= 0.3 is 0 Å². The summed E-state index contributed by atoms with van der Waals surface area (Å²) in [6.07, 6.45) is 16.3. The van der Waals surface area contributed by atoms with E-state index >= 15 is 0 Å². The first-order valence-electron chi connectivity index (χ1n) is 21.1. The Bertz CT molecular complexity index is 2950. The third-order valence-corrected chi connectivity index (χ3v) is 14.9. The van der Waals surface area contributed by atoms with Gasteiger partial charge in [0.1, 0.15) is 5.75 Å². The maximum atomic E-state index is 12.4. The fraction of sp³-hybridized carbons (Fsp3) is 0.409. The fourth-order valence-corrected chi connectivity index (χ4v) is 10.1. The summed E-state index contributed by atoms with van der Waals surface area (Å²) < 4.78 is 136. The Kier molecular flexibility index (Phi) is 16.3. The first-order valence-corrected chi connectivity index (χ1v) is 27.2. The van der Waals surface area contributed by atoms with Gasteiger partial charge in [-0.25, -0.2) is 0 Å². The van der Waals surface area contributed by atoms with E-state index in [1.54, 1.807) is 61.5 Å². The number of fused-ring (bicyclic) bond motifs is 2. The minimum absolute atomic E-state index is 0.0629.